The van der Waals surface area contributed by atoms with Crippen LogP contribution < -0.4 is 10.6 Å². The van der Waals surface area contributed by atoms with Crippen LogP contribution >= 0.6 is 0 Å². The first kappa shape index (κ1) is 17.5. The molecule has 6 nitrogen and oxygen atoms in total. The molecule has 0 spiro atoms. The van der Waals surface area contributed by atoms with Crippen LogP contribution in [0.3, 0.4) is 0 Å². The Bertz CT molecular complexity index is 461. The average molecular weight is 331 g/mol. The fraction of sp³-hybridized carbons (Fsp3) is 0.933. The number of nitrogens with zero attached hydrogens (tertiary/aromatic N) is 1. The van der Waals surface area contributed by atoms with E-state index in [0.29, 0.717) is 12.3 Å². The number of sulfone groups is 1. The Morgan fingerprint density at radius 1 is 1.23 bits per heavy atom. The fourth-order valence-electron chi connectivity index (χ4n) is 2.49. The van der Waals surface area contributed by atoms with E-state index in [-0.39, 0.29) is 11.7 Å². The van der Waals surface area contributed by atoms with Crippen LogP contribution in [0, 0.1) is 11.8 Å². The van der Waals surface area contributed by atoms with Gasteiger partial charge >= 0.3 is 0 Å². The molecule has 22 heavy (non-hydrogen) atoms. The second kappa shape index (κ2) is 8.72. The minimum atomic E-state index is -2.81. The van der Waals surface area contributed by atoms with Gasteiger partial charge < -0.3 is 15.4 Å². The van der Waals surface area contributed by atoms with Crippen molar-refractivity contribution in [3.63, 3.8) is 0 Å². The molecule has 1 saturated carbocycles. The Balaban J connectivity index is 1.61. The monoisotopic (exact) mass is 331 g/mol. The maximum atomic E-state index is 11.4. The smallest absolute Gasteiger partial charge is 0.191 e. The van der Waals surface area contributed by atoms with Crippen molar-refractivity contribution in [3.8, 4) is 0 Å². The third-order valence-electron chi connectivity index (χ3n) is 3.99. The summed E-state index contributed by atoms with van der Waals surface area (Å²) < 4.78 is 28.5. The van der Waals surface area contributed by atoms with Crippen LogP contribution in [0.2, 0.25) is 0 Å². The Morgan fingerprint density at radius 3 is 2.68 bits per heavy atom. The van der Waals surface area contributed by atoms with Crippen LogP contribution in [0.25, 0.3) is 0 Å². The molecule has 0 bridgehead atoms. The number of rotatable bonds is 9. The van der Waals surface area contributed by atoms with E-state index in [4.69, 9.17) is 4.74 Å². The molecule has 2 rings (SSSR count). The zero-order valence-electron chi connectivity index (χ0n) is 13.5. The van der Waals surface area contributed by atoms with E-state index in [9.17, 15) is 8.42 Å². The van der Waals surface area contributed by atoms with Crippen molar-refractivity contribution in [1.82, 2.24) is 10.6 Å². The molecular formula is C15H29N3O3S. The summed E-state index contributed by atoms with van der Waals surface area (Å²) in [5.74, 6) is 2.35. The average Bonchev–Trinajstić information content (AvgIpc) is 3.23. The van der Waals surface area contributed by atoms with Crippen LogP contribution in [0.1, 0.15) is 32.6 Å². The first-order valence-corrected chi connectivity index (χ1v) is 10.2. The lowest BCUT2D eigenvalue weighted by molar-refractivity contribution is 0.123. The quantitative estimate of drug-likeness (QED) is 0.371. The second-order valence-electron chi connectivity index (χ2n) is 6.29. The topological polar surface area (TPSA) is 79.8 Å². The second-order valence-corrected chi connectivity index (χ2v) is 8.52. The predicted octanol–water partition coefficient (Wildman–Crippen LogP) is 0.793. The van der Waals surface area contributed by atoms with E-state index in [1.54, 1.807) is 0 Å². The third kappa shape index (κ3) is 6.96. The van der Waals surface area contributed by atoms with Crippen LogP contribution in [0.4, 0.5) is 0 Å². The first-order chi connectivity index (χ1) is 10.6. The molecule has 0 aromatic rings. The Kier molecular flexibility index (Phi) is 6.95. The summed E-state index contributed by atoms with van der Waals surface area (Å²) in [6.45, 7) is 5.91. The molecule has 1 unspecified atom stereocenters. The number of guanidine groups is 1. The Morgan fingerprint density at radius 2 is 2.05 bits per heavy atom. The van der Waals surface area contributed by atoms with E-state index in [0.717, 1.165) is 51.0 Å². The summed E-state index contributed by atoms with van der Waals surface area (Å²) in [7, 11) is -2.81. The molecule has 0 amide bonds. The lowest BCUT2D eigenvalue weighted by atomic mass is 10.1. The van der Waals surface area contributed by atoms with Gasteiger partial charge in [-0.3, -0.25) is 4.99 Å². The van der Waals surface area contributed by atoms with Crippen molar-refractivity contribution in [2.45, 2.75) is 32.6 Å². The lowest BCUT2D eigenvalue weighted by Gasteiger charge is -2.12. The highest BCUT2D eigenvalue weighted by molar-refractivity contribution is 7.91. The molecule has 0 radical (unpaired) electrons. The van der Waals surface area contributed by atoms with E-state index >= 15 is 0 Å². The normalized spacial score (nSPS) is 24.4. The third-order valence-corrected chi connectivity index (χ3v) is 5.82. The minimum absolute atomic E-state index is 0.169. The molecule has 2 aliphatic rings. The van der Waals surface area contributed by atoms with Gasteiger partial charge in [0.15, 0.2) is 15.8 Å². The van der Waals surface area contributed by atoms with Crippen LogP contribution in [-0.2, 0) is 14.6 Å². The molecule has 128 valence electrons. The molecule has 0 aromatic carbocycles. The zero-order valence-corrected chi connectivity index (χ0v) is 14.3. The zero-order chi connectivity index (χ0) is 15.8. The van der Waals surface area contributed by atoms with Gasteiger partial charge in [0.2, 0.25) is 0 Å². The summed E-state index contributed by atoms with van der Waals surface area (Å²) in [6, 6.07) is 0. The maximum absolute atomic E-state index is 11.4. The first-order valence-electron chi connectivity index (χ1n) is 8.39. The van der Waals surface area contributed by atoms with Crippen LogP contribution in [0.5, 0.6) is 0 Å². The van der Waals surface area contributed by atoms with Crippen molar-refractivity contribution >= 4 is 15.8 Å². The fourth-order valence-corrected chi connectivity index (χ4v) is 4.34. The van der Waals surface area contributed by atoms with E-state index in [2.05, 4.69) is 15.6 Å². The lowest BCUT2D eigenvalue weighted by Crippen LogP contribution is -2.38. The van der Waals surface area contributed by atoms with E-state index in [1.807, 2.05) is 6.92 Å². The van der Waals surface area contributed by atoms with Gasteiger partial charge in [0.05, 0.1) is 11.5 Å². The molecule has 2 N–H and O–H groups in total. The number of nitrogens with one attached hydrogen (secondary N) is 2. The maximum Gasteiger partial charge on any atom is 0.191 e. The Hall–Kier alpha value is -0.820. The van der Waals surface area contributed by atoms with Crippen LogP contribution in [0.15, 0.2) is 4.99 Å². The molecule has 1 aliphatic heterocycles. The number of hydrogen-bond acceptors (Lipinski definition) is 4. The van der Waals surface area contributed by atoms with Crippen molar-refractivity contribution in [1.29, 1.82) is 0 Å². The predicted molar refractivity (Wildman–Crippen MR) is 88.9 cm³/mol. The van der Waals surface area contributed by atoms with Crippen molar-refractivity contribution in [2.24, 2.45) is 16.8 Å². The SMILES string of the molecule is CCNC(=NCC1CCS(=O)(=O)C1)NCCCOCC1CC1. The van der Waals surface area contributed by atoms with Gasteiger partial charge in [-0.05, 0) is 44.4 Å². The molecular weight excluding hydrogens is 302 g/mol. The highest BCUT2D eigenvalue weighted by Crippen LogP contribution is 2.28. The van der Waals surface area contributed by atoms with Gasteiger partial charge in [0.1, 0.15) is 0 Å². The standard InChI is InChI=1S/C15H29N3O3S/c1-2-16-15(17-7-3-8-21-11-13-4-5-13)18-10-14-6-9-22(19,20)12-14/h13-14H,2-12H2,1H3,(H2,16,17,18). The van der Waals surface area contributed by atoms with Gasteiger partial charge in [-0.1, -0.05) is 0 Å². The summed E-state index contributed by atoms with van der Waals surface area (Å²) in [5, 5.41) is 6.47. The molecule has 7 heteroatoms. The van der Waals surface area contributed by atoms with Gasteiger partial charge in [-0.25, -0.2) is 8.42 Å². The molecule has 2 fully saturated rings. The highest BCUT2D eigenvalue weighted by atomic mass is 32.2. The molecule has 1 aliphatic carbocycles. The van der Waals surface area contributed by atoms with Gasteiger partial charge in [-0.2, -0.15) is 0 Å². The van der Waals surface area contributed by atoms with Gasteiger partial charge in [0, 0.05) is 32.8 Å². The van der Waals surface area contributed by atoms with E-state index < -0.39 is 9.84 Å². The number of aliphatic imine (C=N–C) groups is 1. The van der Waals surface area contributed by atoms with Gasteiger partial charge in [0.25, 0.3) is 0 Å². The Labute approximate surface area is 134 Å². The molecule has 1 atom stereocenters. The van der Waals surface area contributed by atoms with Crippen molar-refractivity contribution < 1.29 is 13.2 Å². The van der Waals surface area contributed by atoms with E-state index in [1.165, 1.54) is 12.8 Å². The largest absolute Gasteiger partial charge is 0.381 e. The van der Waals surface area contributed by atoms with Crippen molar-refractivity contribution in [2.75, 3.05) is 44.4 Å². The summed E-state index contributed by atoms with van der Waals surface area (Å²) in [5.41, 5.74) is 0. The van der Waals surface area contributed by atoms with Crippen molar-refractivity contribution in [3.05, 3.63) is 0 Å². The minimum Gasteiger partial charge on any atom is -0.381 e. The summed E-state index contributed by atoms with van der Waals surface area (Å²) in [6.07, 6.45) is 4.34. The highest BCUT2D eigenvalue weighted by Gasteiger charge is 2.27. The van der Waals surface area contributed by atoms with Crippen LogP contribution in [-0.4, -0.2) is 58.7 Å². The molecule has 1 heterocycles. The summed E-state index contributed by atoms with van der Waals surface area (Å²) in [4.78, 5) is 4.51. The number of ether oxygens (including phenoxy) is 1. The molecule has 0 aromatic heterocycles. The molecule has 1 saturated heterocycles. The summed E-state index contributed by atoms with van der Waals surface area (Å²) >= 11 is 0. The van der Waals surface area contributed by atoms with Gasteiger partial charge in [-0.15, -0.1) is 0 Å². The number of hydrogen-bond donors (Lipinski definition) is 2.